The van der Waals surface area contributed by atoms with Crippen LogP contribution in [0, 0.1) is 5.82 Å². The predicted molar refractivity (Wildman–Crippen MR) is 148 cm³/mol. The molecule has 1 saturated heterocycles. The molecule has 0 saturated carbocycles. The second-order valence-corrected chi connectivity index (χ2v) is 9.95. The normalized spacial score (nSPS) is 13.6. The second-order valence-electron chi connectivity index (χ2n) is 9.01. The second kappa shape index (κ2) is 11.9. The van der Waals surface area contributed by atoms with Gasteiger partial charge in [-0.1, -0.05) is 30.0 Å². The van der Waals surface area contributed by atoms with Crippen LogP contribution in [0.2, 0.25) is 0 Å². The summed E-state index contributed by atoms with van der Waals surface area (Å²) in [5.41, 5.74) is 3.39. The molecule has 5 rings (SSSR count). The first kappa shape index (κ1) is 26.1. The van der Waals surface area contributed by atoms with E-state index in [1.807, 2.05) is 42.5 Å². The minimum Gasteiger partial charge on any atom is -0.493 e. The van der Waals surface area contributed by atoms with E-state index in [2.05, 4.69) is 4.90 Å². The Bertz CT molecular complexity index is 1490. The van der Waals surface area contributed by atoms with E-state index in [-0.39, 0.29) is 11.4 Å². The van der Waals surface area contributed by atoms with Crippen LogP contribution in [0.5, 0.6) is 11.5 Å². The van der Waals surface area contributed by atoms with E-state index in [0.717, 1.165) is 29.9 Å². The molecule has 9 heteroatoms. The van der Waals surface area contributed by atoms with Crippen molar-refractivity contribution in [2.45, 2.75) is 23.9 Å². The largest absolute Gasteiger partial charge is 0.493 e. The van der Waals surface area contributed by atoms with E-state index in [1.54, 1.807) is 24.9 Å². The topological polar surface area (TPSA) is 65.8 Å². The Balaban J connectivity index is 1.49. The van der Waals surface area contributed by atoms with Crippen molar-refractivity contribution in [3.05, 3.63) is 88.0 Å². The molecular weight excluding hydrogens is 505 g/mol. The van der Waals surface area contributed by atoms with E-state index in [4.69, 9.17) is 19.2 Å². The van der Waals surface area contributed by atoms with Crippen LogP contribution in [0.3, 0.4) is 0 Å². The van der Waals surface area contributed by atoms with Gasteiger partial charge >= 0.3 is 0 Å². The average molecular weight is 536 g/mol. The average Bonchev–Trinajstić information content (AvgIpc) is 2.96. The standard InChI is InChI=1S/C29H30FN3O4S/c1-35-26-9-6-20(17-27(26)36-2)10-11-33-28(34)24-18-23(32-12-14-37-15-13-32)7-8-25(24)31-29(33)38-19-21-4-3-5-22(30)16-21/h3-9,16-18H,10-15,19H2,1-2H3. The van der Waals surface area contributed by atoms with Gasteiger partial charge in [-0.25, -0.2) is 9.37 Å². The maximum absolute atomic E-state index is 13.9. The molecule has 2 heterocycles. The zero-order chi connectivity index (χ0) is 26.5. The van der Waals surface area contributed by atoms with Gasteiger partial charge < -0.3 is 19.1 Å². The molecule has 3 aromatic carbocycles. The van der Waals surface area contributed by atoms with Gasteiger partial charge in [0.15, 0.2) is 16.7 Å². The summed E-state index contributed by atoms with van der Waals surface area (Å²) in [6, 6.07) is 18.1. The molecule has 38 heavy (non-hydrogen) atoms. The Morgan fingerprint density at radius 2 is 1.79 bits per heavy atom. The van der Waals surface area contributed by atoms with Crippen molar-refractivity contribution < 1.29 is 18.6 Å². The maximum Gasteiger partial charge on any atom is 0.262 e. The molecule has 0 radical (unpaired) electrons. The number of ether oxygens (including phenoxy) is 3. The molecule has 0 amide bonds. The first-order chi connectivity index (χ1) is 18.6. The van der Waals surface area contributed by atoms with Crippen molar-refractivity contribution in [3.63, 3.8) is 0 Å². The molecule has 0 atom stereocenters. The van der Waals surface area contributed by atoms with Gasteiger partial charge in [0.1, 0.15) is 5.82 Å². The number of nitrogens with zero attached hydrogens (tertiary/aromatic N) is 3. The number of benzene rings is 3. The van der Waals surface area contributed by atoms with Gasteiger partial charge in [-0.2, -0.15) is 0 Å². The molecule has 1 fully saturated rings. The summed E-state index contributed by atoms with van der Waals surface area (Å²) in [4.78, 5) is 21.0. The minimum absolute atomic E-state index is 0.0904. The molecule has 0 aliphatic carbocycles. The molecule has 4 aromatic rings. The molecule has 1 aliphatic rings. The fourth-order valence-corrected chi connectivity index (χ4v) is 5.53. The van der Waals surface area contributed by atoms with E-state index >= 15 is 0 Å². The van der Waals surface area contributed by atoms with Crippen LogP contribution in [0.4, 0.5) is 10.1 Å². The number of aryl methyl sites for hydroxylation is 1. The van der Waals surface area contributed by atoms with Crippen LogP contribution in [0.25, 0.3) is 10.9 Å². The zero-order valence-corrected chi connectivity index (χ0v) is 22.3. The summed E-state index contributed by atoms with van der Waals surface area (Å²) >= 11 is 1.43. The summed E-state index contributed by atoms with van der Waals surface area (Å²) in [7, 11) is 3.21. The van der Waals surface area contributed by atoms with Crippen LogP contribution in [0.1, 0.15) is 11.1 Å². The lowest BCUT2D eigenvalue weighted by molar-refractivity contribution is 0.122. The molecule has 0 unspecified atom stereocenters. The summed E-state index contributed by atoms with van der Waals surface area (Å²) in [6.45, 7) is 3.34. The summed E-state index contributed by atoms with van der Waals surface area (Å²) in [5.74, 6) is 1.52. The maximum atomic E-state index is 13.9. The molecule has 0 N–H and O–H groups in total. The number of thioether (sulfide) groups is 1. The lowest BCUT2D eigenvalue weighted by atomic mass is 10.1. The quantitative estimate of drug-likeness (QED) is 0.223. The van der Waals surface area contributed by atoms with Gasteiger partial charge in [0.05, 0.1) is 38.3 Å². The first-order valence-electron chi connectivity index (χ1n) is 12.5. The highest BCUT2D eigenvalue weighted by molar-refractivity contribution is 7.98. The van der Waals surface area contributed by atoms with Gasteiger partial charge in [0.2, 0.25) is 0 Å². The fourth-order valence-electron chi connectivity index (χ4n) is 4.57. The smallest absolute Gasteiger partial charge is 0.262 e. The number of morpholine rings is 1. The number of methoxy groups -OCH3 is 2. The number of fused-ring (bicyclic) bond motifs is 1. The van der Waals surface area contributed by atoms with Crippen LogP contribution < -0.4 is 19.9 Å². The number of halogens is 1. The molecule has 1 aromatic heterocycles. The number of anilines is 1. The van der Waals surface area contributed by atoms with Crippen LogP contribution in [-0.4, -0.2) is 50.1 Å². The third-order valence-corrected chi connectivity index (χ3v) is 7.66. The Hall–Kier alpha value is -3.56. The molecular formula is C29H30FN3O4S. The molecule has 0 bridgehead atoms. The van der Waals surface area contributed by atoms with Gasteiger partial charge in [0, 0.05) is 31.1 Å². The van der Waals surface area contributed by atoms with Gasteiger partial charge in [-0.3, -0.25) is 9.36 Å². The zero-order valence-electron chi connectivity index (χ0n) is 21.5. The number of rotatable bonds is 9. The molecule has 198 valence electrons. The summed E-state index contributed by atoms with van der Waals surface area (Å²) < 4.78 is 31.8. The van der Waals surface area contributed by atoms with Crippen molar-refractivity contribution in [2.75, 3.05) is 45.4 Å². The third-order valence-electron chi connectivity index (χ3n) is 6.61. The van der Waals surface area contributed by atoms with E-state index in [9.17, 15) is 9.18 Å². The summed E-state index contributed by atoms with van der Waals surface area (Å²) in [5, 5.41) is 1.18. The van der Waals surface area contributed by atoms with Crippen molar-refractivity contribution in [1.29, 1.82) is 0 Å². The Morgan fingerprint density at radius 1 is 0.974 bits per heavy atom. The van der Waals surface area contributed by atoms with Gasteiger partial charge in [-0.15, -0.1) is 0 Å². The Morgan fingerprint density at radius 3 is 2.55 bits per heavy atom. The van der Waals surface area contributed by atoms with Gasteiger partial charge in [0.25, 0.3) is 5.56 Å². The monoisotopic (exact) mass is 535 g/mol. The highest BCUT2D eigenvalue weighted by Crippen LogP contribution is 2.29. The van der Waals surface area contributed by atoms with E-state index in [1.165, 1.54) is 23.9 Å². The summed E-state index contributed by atoms with van der Waals surface area (Å²) in [6.07, 6.45) is 0.601. The highest BCUT2D eigenvalue weighted by atomic mass is 32.2. The SMILES string of the molecule is COc1ccc(CCn2c(SCc3cccc(F)c3)nc3ccc(N4CCOCC4)cc3c2=O)cc1OC. The first-order valence-corrected chi connectivity index (χ1v) is 13.5. The lowest BCUT2D eigenvalue weighted by Gasteiger charge is -2.29. The molecule has 1 aliphatic heterocycles. The predicted octanol–water partition coefficient (Wildman–Crippen LogP) is 4.92. The lowest BCUT2D eigenvalue weighted by Crippen LogP contribution is -2.36. The van der Waals surface area contributed by atoms with Crippen molar-refractivity contribution in [2.24, 2.45) is 0 Å². The third kappa shape index (κ3) is 5.79. The van der Waals surface area contributed by atoms with E-state index in [0.29, 0.717) is 59.5 Å². The van der Waals surface area contributed by atoms with Crippen molar-refractivity contribution >= 4 is 28.4 Å². The van der Waals surface area contributed by atoms with Crippen LogP contribution in [-0.2, 0) is 23.5 Å². The van der Waals surface area contributed by atoms with Crippen LogP contribution >= 0.6 is 11.8 Å². The highest BCUT2D eigenvalue weighted by Gasteiger charge is 2.17. The number of aromatic nitrogens is 2. The van der Waals surface area contributed by atoms with Gasteiger partial charge in [-0.05, 0) is 60.0 Å². The number of hydrogen-bond acceptors (Lipinski definition) is 7. The Labute approximate surface area is 225 Å². The fraction of sp³-hybridized carbons (Fsp3) is 0.310. The van der Waals surface area contributed by atoms with Crippen molar-refractivity contribution in [3.8, 4) is 11.5 Å². The Kier molecular flexibility index (Phi) is 8.14. The minimum atomic E-state index is -0.281. The van der Waals surface area contributed by atoms with E-state index < -0.39 is 0 Å². The van der Waals surface area contributed by atoms with Crippen molar-refractivity contribution in [1.82, 2.24) is 9.55 Å². The molecule has 0 spiro atoms. The van der Waals surface area contributed by atoms with Crippen LogP contribution in [0.15, 0.2) is 70.6 Å². The number of hydrogen-bond donors (Lipinski definition) is 0. The molecule has 7 nitrogen and oxygen atoms in total.